The Labute approximate surface area is 110 Å². The van der Waals surface area contributed by atoms with E-state index in [2.05, 4.69) is 11.9 Å². The Balaban J connectivity index is 1.93. The van der Waals surface area contributed by atoms with Crippen LogP contribution in [-0.4, -0.2) is 60.7 Å². The summed E-state index contributed by atoms with van der Waals surface area (Å²) >= 11 is 0. The van der Waals surface area contributed by atoms with Gasteiger partial charge in [0, 0.05) is 24.6 Å². The third-order valence-electron chi connectivity index (χ3n) is 4.58. The van der Waals surface area contributed by atoms with Gasteiger partial charge >= 0.3 is 0 Å². The molecular weight excluding hydrogens is 230 g/mol. The van der Waals surface area contributed by atoms with E-state index in [1.54, 1.807) is 0 Å². The molecule has 2 rings (SSSR count). The van der Waals surface area contributed by atoms with Gasteiger partial charge in [-0.2, -0.15) is 0 Å². The van der Waals surface area contributed by atoms with E-state index in [0.717, 1.165) is 45.3 Å². The van der Waals surface area contributed by atoms with Crippen LogP contribution in [-0.2, 0) is 4.74 Å². The Kier molecular flexibility index (Phi) is 5.01. The number of hydrogen-bond acceptors (Lipinski definition) is 4. The molecule has 0 aromatic carbocycles. The first-order valence-corrected chi connectivity index (χ1v) is 7.24. The van der Waals surface area contributed by atoms with Gasteiger partial charge in [0.2, 0.25) is 0 Å². The summed E-state index contributed by atoms with van der Waals surface area (Å²) in [4.78, 5) is 2.24. The molecule has 4 heteroatoms. The van der Waals surface area contributed by atoms with Crippen LogP contribution < -0.4 is 0 Å². The predicted molar refractivity (Wildman–Crippen MR) is 70.5 cm³/mol. The molecule has 1 aliphatic heterocycles. The molecule has 1 heterocycles. The third kappa shape index (κ3) is 3.23. The standard InChI is InChI=1S/C14H27NO3/c1-15(12-5-2-3-6-13(12)17)9-14(10-16)7-4-8-18-11-14/h12-13,16-17H,2-11H2,1H3. The number of rotatable bonds is 4. The molecule has 3 atom stereocenters. The van der Waals surface area contributed by atoms with Gasteiger partial charge in [-0.05, 0) is 32.7 Å². The fraction of sp³-hybridized carbons (Fsp3) is 1.00. The minimum absolute atomic E-state index is 0.121. The van der Waals surface area contributed by atoms with Crippen molar-refractivity contribution in [2.45, 2.75) is 50.7 Å². The van der Waals surface area contributed by atoms with Crippen LogP contribution in [0.15, 0.2) is 0 Å². The summed E-state index contributed by atoms with van der Waals surface area (Å²) in [7, 11) is 2.07. The van der Waals surface area contributed by atoms with E-state index in [1.165, 1.54) is 6.42 Å². The molecule has 2 fully saturated rings. The summed E-state index contributed by atoms with van der Waals surface area (Å²) < 4.78 is 5.54. The van der Waals surface area contributed by atoms with E-state index in [-0.39, 0.29) is 24.2 Å². The molecule has 0 spiro atoms. The summed E-state index contributed by atoms with van der Waals surface area (Å²) in [5.74, 6) is 0. The first-order chi connectivity index (χ1) is 8.67. The van der Waals surface area contributed by atoms with Gasteiger partial charge in [0.25, 0.3) is 0 Å². The zero-order valence-electron chi connectivity index (χ0n) is 11.5. The lowest BCUT2D eigenvalue weighted by molar-refractivity contribution is -0.0692. The highest BCUT2D eigenvalue weighted by Gasteiger charge is 2.36. The van der Waals surface area contributed by atoms with Crippen molar-refractivity contribution >= 4 is 0 Å². The van der Waals surface area contributed by atoms with Crippen LogP contribution in [0.3, 0.4) is 0 Å². The maximum Gasteiger partial charge on any atom is 0.0695 e. The van der Waals surface area contributed by atoms with E-state index < -0.39 is 0 Å². The molecule has 0 amide bonds. The van der Waals surface area contributed by atoms with E-state index in [9.17, 15) is 10.2 Å². The van der Waals surface area contributed by atoms with E-state index in [1.807, 2.05) is 0 Å². The normalized spacial score (nSPS) is 38.0. The third-order valence-corrected chi connectivity index (χ3v) is 4.58. The fourth-order valence-electron chi connectivity index (χ4n) is 3.46. The Bertz CT molecular complexity index is 253. The molecule has 4 nitrogen and oxygen atoms in total. The largest absolute Gasteiger partial charge is 0.396 e. The average Bonchev–Trinajstić information content (AvgIpc) is 2.40. The van der Waals surface area contributed by atoms with Crippen molar-refractivity contribution < 1.29 is 14.9 Å². The summed E-state index contributed by atoms with van der Waals surface area (Å²) in [6.07, 6.45) is 6.17. The number of likely N-dealkylation sites (N-methyl/N-ethyl adjacent to an activating group) is 1. The highest BCUT2D eigenvalue weighted by molar-refractivity contribution is 4.89. The average molecular weight is 257 g/mol. The van der Waals surface area contributed by atoms with Gasteiger partial charge in [0.15, 0.2) is 0 Å². The molecule has 1 saturated carbocycles. The second-order valence-corrected chi connectivity index (χ2v) is 6.15. The van der Waals surface area contributed by atoms with Crippen molar-refractivity contribution in [3.8, 4) is 0 Å². The van der Waals surface area contributed by atoms with Crippen molar-refractivity contribution in [1.29, 1.82) is 0 Å². The van der Waals surface area contributed by atoms with E-state index in [4.69, 9.17) is 4.74 Å². The lowest BCUT2D eigenvalue weighted by Gasteiger charge is -2.43. The number of aliphatic hydroxyl groups is 2. The van der Waals surface area contributed by atoms with Crippen molar-refractivity contribution in [3.05, 3.63) is 0 Å². The van der Waals surface area contributed by atoms with Gasteiger partial charge in [-0.15, -0.1) is 0 Å². The molecule has 0 radical (unpaired) electrons. The molecule has 2 aliphatic rings. The highest BCUT2D eigenvalue weighted by Crippen LogP contribution is 2.31. The van der Waals surface area contributed by atoms with Gasteiger partial charge in [-0.1, -0.05) is 12.8 Å². The number of aliphatic hydroxyl groups excluding tert-OH is 2. The van der Waals surface area contributed by atoms with Crippen molar-refractivity contribution in [2.24, 2.45) is 5.41 Å². The highest BCUT2D eigenvalue weighted by atomic mass is 16.5. The summed E-state index contributed by atoms with van der Waals surface area (Å²) in [6, 6.07) is 0.254. The maximum atomic E-state index is 10.1. The molecule has 0 bridgehead atoms. The van der Waals surface area contributed by atoms with Crippen LogP contribution in [0.25, 0.3) is 0 Å². The molecule has 0 aromatic rings. The number of hydrogen-bond donors (Lipinski definition) is 2. The van der Waals surface area contributed by atoms with Crippen LogP contribution in [0.1, 0.15) is 38.5 Å². The fourth-order valence-corrected chi connectivity index (χ4v) is 3.46. The van der Waals surface area contributed by atoms with Gasteiger partial charge in [-0.3, -0.25) is 0 Å². The first-order valence-electron chi connectivity index (χ1n) is 7.24. The Hall–Kier alpha value is -0.160. The van der Waals surface area contributed by atoms with Crippen LogP contribution in [0.5, 0.6) is 0 Å². The summed E-state index contributed by atoms with van der Waals surface area (Å²) in [5, 5.41) is 19.8. The van der Waals surface area contributed by atoms with Gasteiger partial charge in [0.05, 0.1) is 19.3 Å². The van der Waals surface area contributed by atoms with Crippen molar-refractivity contribution in [1.82, 2.24) is 4.90 Å². The topological polar surface area (TPSA) is 52.9 Å². The second kappa shape index (κ2) is 6.33. The predicted octanol–water partition coefficient (Wildman–Crippen LogP) is 1.01. The first kappa shape index (κ1) is 14.3. The number of nitrogens with zero attached hydrogens (tertiary/aromatic N) is 1. The zero-order valence-corrected chi connectivity index (χ0v) is 11.5. The summed E-state index contributed by atoms with van der Waals surface area (Å²) in [5.41, 5.74) is -0.121. The molecule has 2 N–H and O–H groups in total. The summed E-state index contributed by atoms with van der Waals surface area (Å²) in [6.45, 7) is 2.47. The molecule has 1 saturated heterocycles. The van der Waals surface area contributed by atoms with Crippen LogP contribution in [0.2, 0.25) is 0 Å². The van der Waals surface area contributed by atoms with Gasteiger partial charge < -0.3 is 19.8 Å². The maximum absolute atomic E-state index is 10.1. The molecule has 18 heavy (non-hydrogen) atoms. The molecule has 3 unspecified atom stereocenters. The minimum Gasteiger partial charge on any atom is -0.396 e. The number of ether oxygens (including phenoxy) is 1. The van der Waals surface area contributed by atoms with Crippen LogP contribution in [0.4, 0.5) is 0 Å². The van der Waals surface area contributed by atoms with Gasteiger partial charge in [-0.25, -0.2) is 0 Å². The zero-order chi connectivity index (χ0) is 13.0. The molecule has 1 aliphatic carbocycles. The Morgan fingerprint density at radius 3 is 2.67 bits per heavy atom. The molecular formula is C14H27NO3. The smallest absolute Gasteiger partial charge is 0.0695 e. The van der Waals surface area contributed by atoms with E-state index in [0.29, 0.717) is 6.61 Å². The second-order valence-electron chi connectivity index (χ2n) is 6.15. The lowest BCUT2D eigenvalue weighted by Crippen LogP contribution is -2.51. The Morgan fingerprint density at radius 2 is 2.06 bits per heavy atom. The lowest BCUT2D eigenvalue weighted by atomic mass is 9.81. The monoisotopic (exact) mass is 257 g/mol. The quantitative estimate of drug-likeness (QED) is 0.789. The van der Waals surface area contributed by atoms with Crippen LogP contribution >= 0.6 is 0 Å². The Morgan fingerprint density at radius 1 is 1.28 bits per heavy atom. The van der Waals surface area contributed by atoms with Crippen molar-refractivity contribution in [2.75, 3.05) is 33.4 Å². The molecule has 106 valence electrons. The minimum atomic E-state index is -0.205. The SMILES string of the molecule is CN(CC1(CO)CCCOC1)C1CCCCC1O. The molecule has 0 aromatic heterocycles. The van der Waals surface area contributed by atoms with Gasteiger partial charge in [0.1, 0.15) is 0 Å². The van der Waals surface area contributed by atoms with Crippen LogP contribution in [0, 0.1) is 5.41 Å². The van der Waals surface area contributed by atoms with Crippen molar-refractivity contribution in [3.63, 3.8) is 0 Å². The van der Waals surface area contributed by atoms with E-state index >= 15 is 0 Å².